The number of rotatable bonds is 4. The van der Waals surface area contributed by atoms with E-state index in [0.29, 0.717) is 23.3 Å². The number of hydrogen-bond acceptors (Lipinski definition) is 5. The molecule has 0 fully saturated rings. The van der Waals surface area contributed by atoms with Gasteiger partial charge in [-0.1, -0.05) is 24.3 Å². The zero-order valence-corrected chi connectivity index (χ0v) is 19.2. The SMILES string of the molecule is Cc1cc(C(=O)O)nc2c1[nH]c(=O)n2-c1cccc(S(=O)(=O)N2CCCCc3ccccc32)c1. The molecule has 0 amide bonds. The van der Waals surface area contributed by atoms with Crippen LogP contribution in [0.2, 0.25) is 0 Å². The van der Waals surface area contributed by atoms with E-state index in [1.54, 1.807) is 19.1 Å². The first-order chi connectivity index (χ1) is 16.3. The van der Waals surface area contributed by atoms with Crippen molar-refractivity contribution in [3.05, 3.63) is 81.9 Å². The second-order valence-corrected chi connectivity index (χ2v) is 10.1. The summed E-state index contributed by atoms with van der Waals surface area (Å²) in [6.07, 6.45) is 2.44. The fourth-order valence-electron chi connectivity index (χ4n) is 4.40. The number of pyridine rings is 1. The molecule has 0 atom stereocenters. The van der Waals surface area contributed by atoms with Gasteiger partial charge >= 0.3 is 11.7 Å². The third-order valence-corrected chi connectivity index (χ3v) is 7.85. The molecule has 0 spiro atoms. The van der Waals surface area contributed by atoms with Crippen LogP contribution in [0.4, 0.5) is 5.69 Å². The molecule has 5 rings (SSSR count). The highest BCUT2D eigenvalue weighted by atomic mass is 32.2. The largest absolute Gasteiger partial charge is 0.477 e. The molecule has 0 radical (unpaired) electrons. The molecule has 174 valence electrons. The maximum absolute atomic E-state index is 13.7. The summed E-state index contributed by atoms with van der Waals surface area (Å²) in [5.41, 5.74) is 2.23. The number of imidazole rings is 1. The van der Waals surface area contributed by atoms with Crippen molar-refractivity contribution >= 4 is 32.8 Å². The molecule has 0 unspecified atom stereocenters. The number of anilines is 1. The molecular formula is C24H22N4O5S. The number of nitrogens with zero attached hydrogens (tertiary/aromatic N) is 3. The first-order valence-corrected chi connectivity index (χ1v) is 12.3. The number of hydrogen-bond donors (Lipinski definition) is 2. The predicted molar refractivity (Wildman–Crippen MR) is 127 cm³/mol. The molecule has 10 heteroatoms. The molecule has 2 aromatic carbocycles. The van der Waals surface area contributed by atoms with Crippen molar-refractivity contribution in [1.29, 1.82) is 0 Å². The summed E-state index contributed by atoms with van der Waals surface area (Å²) in [6, 6.07) is 14.9. The predicted octanol–water partition coefficient (Wildman–Crippen LogP) is 3.25. The van der Waals surface area contributed by atoms with Crippen LogP contribution in [0.25, 0.3) is 16.9 Å². The second-order valence-electron chi connectivity index (χ2n) is 8.25. The van der Waals surface area contributed by atoms with E-state index in [1.165, 1.54) is 27.1 Å². The molecule has 34 heavy (non-hydrogen) atoms. The maximum Gasteiger partial charge on any atom is 0.354 e. The van der Waals surface area contributed by atoms with Gasteiger partial charge in [-0.05, 0) is 67.6 Å². The van der Waals surface area contributed by atoms with Crippen LogP contribution in [0.5, 0.6) is 0 Å². The summed E-state index contributed by atoms with van der Waals surface area (Å²) in [7, 11) is -3.92. The minimum Gasteiger partial charge on any atom is -0.477 e. The highest BCUT2D eigenvalue weighted by Gasteiger charge is 2.28. The molecule has 4 aromatic rings. The number of aromatic carboxylic acids is 1. The quantitative estimate of drug-likeness (QED) is 0.464. The van der Waals surface area contributed by atoms with Gasteiger partial charge in [-0.15, -0.1) is 0 Å². The van der Waals surface area contributed by atoms with Crippen molar-refractivity contribution in [3.63, 3.8) is 0 Å². The van der Waals surface area contributed by atoms with E-state index in [4.69, 9.17) is 0 Å². The smallest absolute Gasteiger partial charge is 0.354 e. The zero-order valence-electron chi connectivity index (χ0n) is 18.4. The molecule has 0 bridgehead atoms. The summed E-state index contributed by atoms with van der Waals surface area (Å²) < 4.78 is 30.0. The summed E-state index contributed by atoms with van der Waals surface area (Å²) >= 11 is 0. The highest BCUT2D eigenvalue weighted by molar-refractivity contribution is 7.92. The Morgan fingerprint density at radius 2 is 1.88 bits per heavy atom. The van der Waals surface area contributed by atoms with Gasteiger partial charge in [0.25, 0.3) is 10.0 Å². The lowest BCUT2D eigenvalue weighted by molar-refractivity contribution is 0.0690. The van der Waals surface area contributed by atoms with Gasteiger partial charge in [-0.3, -0.25) is 4.31 Å². The number of sulfonamides is 1. The highest BCUT2D eigenvalue weighted by Crippen LogP contribution is 2.31. The van der Waals surface area contributed by atoms with Crippen LogP contribution in [0, 0.1) is 6.92 Å². The summed E-state index contributed by atoms with van der Waals surface area (Å²) in [4.78, 5) is 31.2. The van der Waals surface area contributed by atoms with E-state index in [0.717, 1.165) is 24.8 Å². The topological polar surface area (TPSA) is 125 Å². The molecule has 0 aliphatic carbocycles. The first kappa shape index (κ1) is 21.9. The van der Waals surface area contributed by atoms with Gasteiger partial charge in [0.05, 0.1) is 21.8 Å². The Bertz CT molecular complexity index is 1600. The Balaban J connectivity index is 1.66. The van der Waals surface area contributed by atoms with E-state index in [-0.39, 0.29) is 21.9 Å². The van der Waals surface area contributed by atoms with Crippen LogP contribution in [-0.2, 0) is 16.4 Å². The number of fused-ring (bicyclic) bond motifs is 2. The van der Waals surface area contributed by atoms with Crippen molar-refractivity contribution in [2.24, 2.45) is 0 Å². The Morgan fingerprint density at radius 1 is 1.09 bits per heavy atom. The molecule has 9 nitrogen and oxygen atoms in total. The molecular weight excluding hydrogens is 456 g/mol. The number of H-pyrrole nitrogens is 1. The Hall–Kier alpha value is -3.92. The normalized spacial score (nSPS) is 14.1. The number of nitrogens with one attached hydrogen (secondary N) is 1. The molecule has 2 N–H and O–H groups in total. The van der Waals surface area contributed by atoms with Gasteiger partial charge in [0, 0.05) is 6.54 Å². The number of benzene rings is 2. The van der Waals surface area contributed by atoms with Crippen LogP contribution in [0.1, 0.15) is 34.5 Å². The van der Waals surface area contributed by atoms with E-state index in [2.05, 4.69) is 9.97 Å². The number of aromatic nitrogens is 3. The van der Waals surface area contributed by atoms with Crippen LogP contribution >= 0.6 is 0 Å². The molecule has 1 aliphatic rings. The van der Waals surface area contributed by atoms with E-state index < -0.39 is 21.7 Å². The molecule has 0 saturated carbocycles. The summed E-state index contributed by atoms with van der Waals surface area (Å²) in [5.74, 6) is -1.22. The minimum atomic E-state index is -3.92. The van der Waals surface area contributed by atoms with Gasteiger partial charge in [-0.2, -0.15) is 0 Å². The number of carboxylic acids is 1. The standard InChI is InChI=1S/C24H22N4O5S/c1-15-13-19(23(29)30)25-22-21(15)26-24(31)28(22)17-9-6-10-18(14-17)34(32,33)27-12-5-4-8-16-7-2-3-11-20(16)27/h2-3,6-7,9-11,13-14H,4-5,8,12H2,1H3,(H,26,31)(H,29,30). The Morgan fingerprint density at radius 3 is 2.68 bits per heavy atom. The summed E-state index contributed by atoms with van der Waals surface area (Å²) in [6.45, 7) is 2.04. The van der Waals surface area contributed by atoms with E-state index in [1.807, 2.05) is 24.3 Å². The van der Waals surface area contributed by atoms with Crippen molar-refractivity contribution in [1.82, 2.24) is 14.5 Å². The van der Waals surface area contributed by atoms with Gasteiger partial charge in [0.15, 0.2) is 11.3 Å². The first-order valence-electron chi connectivity index (χ1n) is 10.8. The average Bonchev–Trinajstić information content (AvgIpc) is 3.00. The van der Waals surface area contributed by atoms with Gasteiger partial charge < -0.3 is 10.1 Å². The molecule has 0 saturated heterocycles. The average molecular weight is 479 g/mol. The van der Waals surface area contributed by atoms with Crippen molar-refractivity contribution in [2.45, 2.75) is 31.1 Å². The second kappa shape index (κ2) is 8.14. The van der Waals surface area contributed by atoms with E-state index >= 15 is 0 Å². The van der Waals surface area contributed by atoms with Crippen LogP contribution < -0.4 is 9.99 Å². The van der Waals surface area contributed by atoms with Crippen molar-refractivity contribution in [2.75, 3.05) is 10.8 Å². The van der Waals surface area contributed by atoms with Gasteiger partial charge in [0.2, 0.25) is 0 Å². The van der Waals surface area contributed by atoms with Crippen LogP contribution in [0.3, 0.4) is 0 Å². The lowest BCUT2D eigenvalue weighted by atomic mass is 10.1. The number of para-hydroxylation sites is 1. The summed E-state index contributed by atoms with van der Waals surface area (Å²) in [5, 5.41) is 9.39. The Kier molecular flexibility index (Phi) is 5.24. The molecule has 2 aromatic heterocycles. The van der Waals surface area contributed by atoms with Gasteiger partial charge in [-0.25, -0.2) is 27.6 Å². The fraction of sp³-hybridized carbons (Fsp3) is 0.208. The lowest BCUT2D eigenvalue weighted by Gasteiger charge is -2.24. The number of aromatic amines is 1. The molecule has 1 aliphatic heterocycles. The third-order valence-electron chi connectivity index (χ3n) is 6.04. The lowest BCUT2D eigenvalue weighted by Crippen LogP contribution is -2.32. The van der Waals surface area contributed by atoms with E-state index in [9.17, 15) is 23.1 Å². The number of aryl methyl sites for hydroxylation is 2. The fourth-order valence-corrected chi connectivity index (χ4v) is 5.98. The molecule has 3 heterocycles. The Labute approximate surface area is 195 Å². The van der Waals surface area contributed by atoms with Crippen LogP contribution in [0.15, 0.2) is 64.3 Å². The van der Waals surface area contributed by atoms with Crippen LogP contribution in [-0.4, -0.2) is 40.6 Å². The number of carbonyl (C=O) groups is 1. The van der Waals surface area contributed by atoms with Crippen molar-refractivity contribution in [3.8, 4) is 5.69 Å². The monoisotopic (exact) mass is 478 g/mol. The van der Waals surface area contributed by atoms with Gasteiger partial charge in [0.1, 0.15) is 0 Å². The zero-order chi connectivity index (χ0) is 24.0. The van der Waals surface area contributed by atoms with Crippen molar-refractivity contribution < 1.29 is 18.3 Å². The minimum absolute atomic E-state index is 0.0362. The third kappa shape index (κ3) is 3.56. The number of carboxylic acid groups (broad SMARTS) is 1. The maximum atomic E-state index is 13.7.